The van der Waals surface area contributed by atoms with Crippen molar-refractivity contribution in [2.45, 2.75) is 64.8 Å². The molecule has 12 nitrogen and oxygen atoms in total. The topological polar surface area (TPSA) is 146 Å². The number of hydrogen-bond donors (Lipinski definition) is 3. The second-order valence-electron chi connectivity index (χ2n) is 11.8. The third kappa shape index (κ3) is 8.70. The second kappa shape index (κ2) is 14.1. The number of halogens is 1. The fourth-order valence-corrected chi connectivity index (χ4v) is 5.12. The molecule has 2 aromatic rings. The molecule has 2 heterocycles. The summed E-state index contributed by atoms with van der Waals surface area (Å²) in [5, 5.41) is 8.34. The first-order chi connectivity index (χ1) is 20.8. The minimum absolute atomic E-state index is 0.194. The highest BCUT2D eigenvalue weighted by Gasteiger charge is 2.39. The van der Waals surface area contributed by atoms with Crippen LogP contribution in [0, 0.1) is 0 Å². The number of benzene rings is 2. The average molecular weight is 628 g/mol. The van der Waals surface area contributed by atoms with Crippen LogP contribution in [0.15, 0.2) is 36.4 Å². The zero-order chi connectivity index (χ0) is 32.0. The van der Waals surface area contributed by atoms with Crippen LogP contribution in [-0.2, 0) is 38.6 Å². The van der Waals surface area contributed by atoms with Gasteiger partial charge in [-0.2, -0.15) is 0 Å². The van der Waals surface area contributed by atoms with Crippen LogP contribution in [0.5, 0.6) is 0 Å². The summed E-state index contributed by atoms with van der Waals surface area (Å²) in [5.41, 5.74) is 2.90. The molecular formula is C31H38ClN5O7. The molecule has 0 aromatic heterocycles. The molecule has 2 aliphatic heterocycles. The van der Waals surface area contributed by atoms with E-state index in [1.807, 2.05) is 32.9 Å². The number of carbonyl (C=O) groups is 5. The van der Waals surface area contributed by atoms with Crippen molar-refractivity contribution in [1.29, 1.82) is 0 Å². The molecule has 6 amide bonds. The largest absolute Gasteiger partial charge is 0.444 e. The standard InChI is InChI=1S/C31H38ClN5O7/c1-31(2,3)44-30(42)36(4)12-14-43-13-11-20-6-7-22(16-24(20)32)34-29(41)33-17-19-5-8-23-21(15-19)18-37(28(23)40)25-9-10-26(38)35-27(25)39/h5-8,15-16,25H,9-14,17-18H2,1-4H3,(H2,33,34,41)(H,35,38,39). The predicted octanol–water partition coefficient (Wildman–Crippen LogP) is 3.85. The number of urea groups is 1. The normalized spacial score (nSPS) is 16.3. The second-order valence-corrected chi connectivity index (χ2v) is 12.2. The van der Waals surface area contributed by atoms with Crippen molar-refractivity contribution in [1.82, 2.24) is 20.4 Å². The molecule has 4 rings (SSSR count). The van der Waals surface area contributed by atoms with Crippen molar-refractivity contribution in [2.24, 2.45) is 0 Å². The third-order valence-electron chi connectivity index (χ3n) is 7.14. The maximum Gasteiger partial charge on any atom is 0.410 e. The van der Waals surface area contributed by atoms with Gasteiger partial charge in [0.2, 0.25) is 11.8 Å². The highest BCUT2D eigenvalue weighted by atomic mass is 35.5. The molecule has 0 bridgehead atoms. The Balaban J connectivity index is 1.20. The molecule has 1 fully saturated rings. The highest BCUT2D eigenvalue weighted by Crippen LogP contribution is 2.28. The number of anilines is 1. The summed E-state index contributed by atoms with van der Waals surface area (Å²) in [6, 6.07) is 9.42. The highest BCUT2D eigenvalue weighted by molar-refractivity contribution is 6.31. The number of imide groups is 1. The molecule has 1 unspecified atom stereocenters. The van der Waals surface area contributed by atoms with Gasteiger partial charge in [-0.05, 0) is 68.5 Å². The third-order valence-corrected chi connectivity index (χ3v) is 7.50. The SMILES string of the molecule is CN(CCOCCc1ccc(NC(=O)NCc2ccc3c(c2)CN(C2CCC(=O)NC2=O)C3=O)cc1Cl)C(=O)OC(C)(C)C. The molecule has 236 valence electrons. The van der Waals surface area contributed by atoms with Crippen LogP contribution in [0.1, 0.15) is 60.7 Å². The number of nitrogens with zero attached hydrogens (tertiary/aromatic N) is 2. The van der Waals surface area contributed by atoms with E-state index in [1.54, 1.807) is 31.3 Å². The molecule has 1 saturated heterocycles. The lowest BCUT2D eigenvalue weighted by atomic mass is 10.0. The lowest BCUT2D eigenvalue weighted by molar-refractivity contribution is -0.136. The number of ether oxygens (including phenoxy) is 2. The Bertz CT molecular complexity index is 1440. The Morgan fingerprint density at radius 1 is 1.11 bits per heavy atom. The first kappa shape index (κ1) is 32.7. The molecule has 2 aliphatic rings. The minimum atomic E-state index is -0.677. The Morgan fingerprint density at radius 3 is 2.59 bits per heavy atom. The molecule has 0 radical (unpaired) electrons. The van der Waals surface area contributed by atoms with E-state index in [9.17, 15) is 24.0 Å². The van der Waals surface area contributed by atoms with Crippen molar-refractivity contribution < 1.29 is 33.4 Å². The summed E-state index contributed by atoms with van der Waals surface area (Å²) in [6.07, 6.45) is 0.647. The number of piperidine rings is 1. The lowest BCUT2D eigenvalue weighted by Crippen LogP contribution is -2.52. The van der Waals surface area contributed by atoms with Gasteiger partial charge < -0.3 is 29.9 Å². The Labute approximate surface area is 261 Å². The van der Waals surface area contributed by atoms with Gasteiger partial charge >= 0.3 is 12.1 Å². The van der Waals surface area contributed by atoms with Gasteiger partial charge in [0.1, 0.15) is 11.6 Å². The molecule has 2 aromatic carbocycles. The van der Waals surface area contributed by atoms with Crippen molar-refractivity contribution in [3.63, 3.8) is 0 Å². The number of fused-ring (bicyclic) bond motifs is 1. The number of rotatable bonds is 10. The zero-order valence-electron chi connectivity index (χ0n) is 25.3. The van der Waals surface area contributed by atoms with Crippen LogP contribution < -0.4 is 16.0 Å². The van der Waals surface area contributed by atoms with Crippen LogP contribution in [-0.4, -0.2) is 78.1 Å². The van der Waals surface area contributed by atoms with E-state index < -0.39 is 29.7 Å². The number of nitrogens with one attached hydrogen (secondary N) is 3. The maximum absolute atomic E-state index is 12.9. The number of amides is 6. The summed E-state index contributed by atoms with van der Waals surface area (Å²) < 4.78 is 11.0. The first-order valence-corrected chi connectivity index (χ1v) is 14.8. The van der Waals surface area contributed by atoms with Gasteiger partial charge in [0.15, 0.2) is 0 Å². The van der Waals surface area contributed by atoms with Crippen LogP contribution in [0.2, 0.25) is 5.02 Å². The van der Waals surface area contributed by atoms with Crippen molar-refractivity contribution in [2.75, 3.05) is 32.1 Å². The smallest absolute Gasteiger partial charge is 0.410 e. The van der Waals surface area contributed by atoms with E-state index in [0.29, 0.717) is 48.9 Å². The zero-order valence-corrected chi connectivity index (χ0v) is 26.1. The van der Waals surface area contributed by atoms with E-state index in [1.165, 1.54) is 9.80 Å². The average Bonchev–Trinajstić information content (AvgIpc) is 3.26. The number of likely N-dealkylation sites (N-methyl/N-ethyl adjacent to an activating group) is 1. The van der Waals surface area contributed by atoms with Crippen molar-refractivity contribution in [3.8, 4) is 0 Å². The van der Waals surface area contributed by atoms with Gasteiger partial charge in [0.05, 0.1) is 13.2 Å². The monoisotopic (exact) mass is 627 g/mol. The van der Waals surface area contributed by atoms with E-state index in [-0.39, 0.29) is 31.3 Å². The lowest BCUT2D eigenvalue weighted by Gasteiger charge is -2.29. The van der Waals surface area contributed by atoms with Gasteiger partial charge in [-0.3, -0.25) is 19.7 Å². The Kier molecular flexibility index (Phi) is 10.5. The quantitative estimate of drug-likeness (QED) is 0.268. The Morgan fingerprint density at radius 2 is 1.89 bits per heavy atom. The fraction of sp³-hybridized carbons (Fsp3) is 0.452. The number of carbonyl (C=O) groups excluding carboxylic acids is 5. The molecule has 44 heavy (non-hydrogen) atoms. The maximum atomic E-state index is 12.9. The molecular weight excluding hydrogens is 590 g/mol. The van der Waals surface area contributed by atoms with Gasteiger partial charge in [-0.15, -0.1) is 0 Å². The van der Waals surface area contributed by atoms with Gasteiger partial charge in [0, 0.05) is 49.4 Å². The van der Waals surface area contributed by atoms with E-state index in [4.69, 9.17) is 21.1 Å². The molecule has 13 heteroatoms. The molecule has 0 spiro atoms. The Hall–Kier alpha value is -4.16. The van der Waals surface area contributed by atoms with E-state index in [0.717, 1.165) is 16.7 Å². The predicted molar refractivity (Wildman–Crippen MR) is 163 cm³/mol. The van der Waals surface area contributed by atoms with Gasteiger partial charge in [-0.1, -0.05) is 29.8 Å². The van der Waals surface area contributed by atoms with Crippen molar-refractivity contribution in [3.05, 3.63) is 63.7 Å². The first-order valence-electron chi connectivity index (χ1n) is 14.4. The van der Waals surface area contributed by atoms with Crippen LogP contribution in [0.4, 0.5) is 15.3 Å². The molecule has 0 saturated carbocycles. The minimum Gasteiger partial charge on any atom is -0.444 e. The summed E-state index contributed by atoms with van der Waals surface area (Å²) in [7, 11) is 1.66. The molecule has 1 atom stereocenters. The van der Waals surface area contributed by atoms with Crippen LogP contribution in [0.3, 0.4) is 0 Å². The fourth-order valence-electron chi connectivity index (χ4n) is 4.84. The van der Waals surface area contributed by atoms with Crippen molar-refractivity contribution >= 4 is 47.1 Å². The van der Waals surface area contributed by atoms with E-state index in [2.05, 4.69) is 16.0 Å². The summed E-state index contributed by atoms with van der Waals surface area (Å²) in [4.78, 5) is 64.1. The van der Waals surface area contributed by atoms with Crippen LogP contribution in [0.25, 0.3) is 0 Å². The summed E-state index contributed by atoms with van der Waals surface area (Å²) >= 11 is 6.43. The van der Waals surface area contributed by atoms with Gasteiger partial charge in [-0.25, -0.2) is 9.59 Å². The summed E-state index contributed by atoms with van der Waals surface area (Å²) in [6.45, 7) is 7.08. The summed E-state index contributed by atoms with van der Waals surface area (Å²) in [5.74, 6) is -1.03. The van der Waals surface area contributed by atoms with Crippen LogP contribution >= 0.6 is 11.6 Å². The number of hydrogen-bond acceptors (Lipinski definition) is 7. The molecule has 3 N–H and O–H groups in total. The van der Waals surface area contributed by atoms with E-state index >= 15 is 0 Å². The molecule has 0 aliphatic carbocycles. The van der Waals surface area contributed by atoms with Gasteiger partial charge in [0.25, 0.3) is 5.91 Å².